The zero-order chi connectivity index (χ0) is 42.4. The topological polar surface area (TPSA) is 58.5 Å². The van der Waals surface area contributed by atoms with Crippen molar-refractivity contribution in [2.75, 3.05) is 9.80 Å². The van der Waals surface area contributed by atoms with Gasteiger partial charge in [0, 0.05) is 74.8 Å². The quantitative estimate of drug-likeness (QED) is 0.145. The summed E-state index contributed by atoms with van der Waals surface area (Å²) in [5.41, 5.74) is 17.2. The molecule has 0 spiro atoms. The lowest BCUT2D eigenvalue weighted by Gasteiger charge is -2.26. The summed E-state index contributed by atoms with van der Waals surface area (Å²) >= 11 is 0. The van der Waals surface area contributed by atoms with E-state index in [2.05, 4.69) is 202 Å². The third kappa shape index (κ3) is 6.71. The van der Waals surface area contributed by atoms with Crippen molar-refractivity contribution in [1.29, 1.82) is 0 Å². The van der Waals surface area contributed by atoms with Gasteiger partial charge < -0.3 is 18.6 Å². The van der Waals surface area contributed by atoms with Crippen LogP contribution in [0.25, 0.3) is 77.4 Å². The van der Waals surface area contributed by atoms with Gasteiger partial charge in [0.1, 0.15) is 16.7 Å². The Hall–Kier alpha value is -8.74. The van der Waals surface area contributed by atoms with E-state index in [4.69, 9.17) is 8.83 Å². The van der Waals surface area contributed by atoms with Gasteiger partial charge in [0.2, 0.25) is 0 Å². The molecular formula is C58H38N4O2. The fourth-order valence-electron chi connectivity index (χ4n) is 8.85. The Bertz CT molecular complexity index is 3580. The van der Waals surface area contributed by atoms with Crippen LogP contribution in [0.5, 0.6) is 0 Å². The van der Waals surface area contributed by atoms with Gasteiger partial charge in [0.05, 0.1) is 6.20 Å². The normalized spacial score (nSPS) is 11.4. The Morgan fingerprint density at radius 2 is 0.719 bits per heavy atom. The zero-order valence-corrected chi connectivity index (χ0v) is 34.5. The van der Waals surface area contributed by atoms with Crippen LogP contribution >= 0.6 is 0 Å². The number of hydrogen-bond donors (Lipinski definition) is 0. The minimum atomic E-state index is 0.780. The summed E-state index contributed by atoms with van der Waals surface area (Å²) in [4.78, 5) is 13.4. The molecule has 64 heavy (non-hydrogen) atoms. The summed E-state index contributed by atoms with van der Waals surface area (Å²) in [7, 11) is 0. The van der Waals surface area contributed by atoms with Gasteiger partial charge in [0.25, 0.3) is 0 Å². The first-order valence-electron chi connectivity index (χ1n) is 21.4. The maximum atomic E-state index is 6.29. The number of aromatic nitrogens is 2. The molecule has 12 rings (SSSR count). The molecule has 302 valence electrons. The third-order valence-electron chi connectivity index (χ3n) is 12.0. The van der Waals surface area contributed by atoms with Gasteiger partial charge in [0.15, 0.2) is 11.2 Å². The Kier molecular flexibility index (Phi) is 9.05. The molecular weight excluding hydrogens is 785 g/mol. The van der Waals surface area contributed by atoms with Crippen LogP contribution in [0.2, 0.25) is 0 Å². The van der Waals surface area contributed by atoms with Crippen molar-refractivity contribution in [3.05, 3.63) is 231 Å². The summed E-state index contributed by atoms with van der Waals surface area (Å²) in [5, 5.41) is 3.14. The number of pyridine rings is 2. The molecule has 12 aromatic rings. The average molecular weight is 823 g/mol. The fraction of sp³-hybridized carbons (Fsp3) is 0. The number of hydrogen-bond acceptors (Lipinski definition) is 6. The van der Waals surface area contributed by atoms with Gasteiger partial charge in [-0.15, -0.1) is 0 Å². The predicted molar refractivity (Wildman–Crippen MR) is 262 cm³/mol. The van der Waals surface area contributed by atoms with Crippen molar-refractivity contribution in [3.63, 3.8) is 0 Å². The molecule has 0 aliphatic carbocycles. The number of rotatable bonds is 9. The van der Waals surface area contributed by atoms with Gasteiger partial charge in [-0.3, -0.25) is 9.97 Å². The smallest absolute Gasteiger partial charge is 0.153 e. The molecule has 0 N–H and O–H groups in total. The first-order valence-corrected chi connectivity index (χ1v) is 21.4. The number of para-hydroxylation sites is 1. The molecule has 0 saturated carbocycles. The Morgan fingerprint density at radius 3 is 1.28 bits per heavy atom. The van der Waals surface area contributed by atoms with Crippen LogP contribution in [-0.4, -0.2) is 9.97 Å². The predicted octanol–water partition coefficient (Wildman–Crippen LogP) is 16.2. The summed E-state index contributed by atoms with van der Waals surface area (Å²) < 4.78 is 12.5. The maximum absolute atomic E-state index is 6.29. The van der Waals surface area contributed by atoms with Crippen LogP contribution < -0.4 is 9.80 Å². The van der Waals surface area contributed by atoms with Crippen LogP contribution in [0.4, 0.5) is 34.1 Å². The van der Waals surface area contributed by atoms with Gasteiger partial charge in [-0.1, -0.05) is 109 Å². The van der Waals surface area contributed by atoms with E-state index in [9.17, 15) is 0 Å². The molecule has 0 aliphatic heterocycles. The first-order chi connectivity index (χ1) is 31.7. The fourth-order valence-corrected chi connectivity index (χ4v) is 8.85. The molecule has 0 bridgehead atoms. The number of anilines is 6. The van der Waals surface area contributed by atoms with Gasteiger partial charge in [-0.2, -0.15) is 0 Å². The maximum Gasteiger partial charge on any atom is 0.153 e. The third-order valence-corrected chi connectivity index (χ3v) is 12.0. The standard InChI is InChI=1S/C58H38N4O2/c1-3-8-39(9-4-1)42-17-23-47(24-18-42)62(50-30-32-53-56(37-50)63-54-12-7-34-60-58(53)54)48-27-21-44(22-28-48)41-15-13-40(14-16-41)43-19-25-46(26-20-43)61(45-10-5-2-6-11-45)49-29-31-51-52-33-35-59-38-57(52)64-55(51)36-49/h1-38H. The summed E-state index contributed by atoms with van der Waals surface area (Å²) in [6.45, 7) is 0. The SMILES string of the molecule is c1ccc(-c2ccc(N(c3ccc(-c4ccc(-c5ccc(N(c6ccccc6)c6ccc7c(c6)oc6cnccc67)cc5)cc4)cc3)c3ccc4c(c3)oc3cccnc34)cc2)cc1. The largest absolute Gasteiger partial charge is 0.454 e. The second-order valence-electron chi connectivity index (χ2n) is 15.9. The molecule has 8 aromatic carbocycles. The molecule has 0 saturated heterocycles. The molecule has 0 amide bonds. The monoisotopic (exact) mass is 822 g/mol. The average Bonchev–Trinajstić information content (AvgIpc) is 3.93. The highest BCUT2D eigenvalue weighted by Gasteiger charge is 2.18. The molecule has 0 atom stereocenters. The van der Waals surface area contributed by atoms with Crippen molar-refractivity contribution in [3.8, 4) is 33.4 Å². The number of furan rings is 2. The van der Waals surface area contributed by atoms with E-state index in [1.807, 2.05) is 36.5 Å². The highest BCUT2D eigenvalue weighted by atomic mass is 16.3. The lowest BCUT2D eigenvalue weighted by molar-refractivity contribution is 0.667. The van der Waals surface area contributed by atoms with Crippen LogP contribution in [-0.2, 0) is 0 Å². The molecule has 0 fully saturated rings. The second-order valence-corrected chi connectivity index (χ2v) is 15.9. The van der Waals surface area contributed by atoms with E-state index < -0.39 is 0 Å². The second kappa shape index (κ2) is 15.6. The zero-order valence-electron chi connectivity index (χ0n) is 34.5. The Labute approximate surface area is 369 Å². The molecule has 6 heteroatoms. The van der Waals surface area contributed by atoms with Gasteiger partial charge >= 0.3 is 0 Å². The van der Waals surface area contributed by atoms with Crippen LogP contribution in [0.1, 0.15) is 0 Å². The van der Waals surface area contributed by atoms with Crippen LogP contribution in [0.15, 0.2) is 240 Å². The van der Waals surface area contributed by atoms with Crippen molar-refractivity contribution in [2.45, 2.75) is 0 Å². The minimum Gasteiger partial charge on any atom is -0.454 e. The lowest BCUT2D eigenvalue weighted by Crippen LogP contribution is -2.09. The Morgan fingerprint density at radius 1 is 0.297 bits per heavy atom. The first kappa shape index (κ1) is 37.1. The molecule has 0 aliphatic rings. The highest BCUT2D eigenvalue weighted by Crippen LogP contribution is 2.41. The van der Waals surface area contributed by atoms with Gasteiger partial charge in [-0.25, -0.2) is 0 Å². The summed E-state index contributed by atoms with van der Waals surface area (Å²) in [5.74, 6) is 0. The van der Waals surface area contributed by atoms with E-state index in [1.165, 1.54) is 11.1 Å². The number of nitrogens with zero attached hydrogens (tertiary/aromatic N) is 4. The lowest BCUT2D eigenvalue weighted by atomic mass is 9.99. The minimum absolute atomic E-state index is 0.780. The van der Waals surface area contributed by atoms with E-state index in [0.29, 0.717) is 0 Å². The molecule has 6 nitrogen and oxygen atoms in total. The van der Waals surface area contributed by atoms with Crippen molar-refractivity contribution in [2.24, 2.45) is 0 Å². The highest BCUT2D eigenvalue weighted by molar-refractivity contribution is 6.06. The molecule has 4 aromatic heterocycles. The Balaban J connectivity index is 0.831. The van der Waals surface area contributed by atoms with E-state index in [-0.39, 0.29) is 0 Å². The number of benzene rings is 8. The van der Waals surface area contributed by atoms with Crippen molar-refractivity contribution >= 4 is 78.1 Å². The van der Waals surface area contributed by atoms with Crippen molar-refractivity contribution < 1.29 is 8.83 Å². The molecule has 0 unspecified atom stereocenters. The van der Waals surface area contributed by atoms with E-state index in [0.717, 1.165) is 100 Å². The molecule has 0 radical (unpaired) electrons. The molecule has 4 heterocycles. The number of fused-ring (bicyclic) bond motifs is 6. The van der Waals surface area contributed by atoms with Crippen LogP contribution in [0.3, 0.4) is 0 Å². The summed E-state index contributed by atoms with van der Waals surface area (Å²) in [6, 6.07) is 74.7. The van der Waals surface area contributed by atoms with E-state index in [1.54, 1.807) is 12.4 Å². The van der Waals surface area contributed by atoms with Crippen molar-refractivity contribution in [1.82, 2.24) is 9.97 Å². The van der Waals surface area contributed by atoms with Gasteiger partial charge in [-0.05, 0) is 124 Å². The summed E-state index contributed by atoms with van der Waals surface area (Å²) in [6.07, 6.45) is 5.39. The van der Waals surface area contributed by atoms with Crippen LogP contribution in [0, 0.1) is 0 Å². The van der Waals surface area contributed by atoms with E-state index >= 15 is 0 Å².